The van der Waals surface area contributed by atoms with Gasteiger partial charge >= 0.3 is 0 Å². The minimum absolute atomic E-state index is 0.00643. The van der Waals surface area contributed by atoms with Crippen LogP contribution in [-0.4, -0.2) is 11.7 Å². The number of nitrogens with zero attached hydrogens (tertiary/aromatic N) is 1. The minimum atomic E-state index is -0.532. The second-order valence-corrected chi connectivity index (χ2v) is 3.32. The van der Waals surface area contributed by atoms with Crippen molar-refractivity contribution in [2.45, 2.75) is 18.9 Å². The number of hydrogen-bond acceptors (Lipinski definition) is 3. The summed E-state index contributed by atoms with van der Waals surface area (Å²) in [5.74, 6) is -0.532. The maximum atomic E-state index is 13.0. The maximum absolute atomic E-state index is 13.0. The van der Waals surface area contributed by atoms with Gasteiger partial charge in [-0.25, -0.2) is 4.39 Å². The summed E-state index contributed by atoms with van der Waals surface area (Å²) in [6.45, 7) is 0.0833. The van der Waals surface area contributed by atoms with Gasteiger partial charge in [-0.15, -0.1) is 0 Å². The summed E-state index contributed by atoms with van der Waals surface area (Å²) in [5.41, 5.74) is 6.54. The molecule has 0 fully saturated rings. The monoisotopic (exact) mass is 208 g/mol. The van der Waals surface area contributed by atoms with Crippen molar-refractivity contribution < 1.29 is 9.50 Å². The second kappa shape index (κ2) is 5.44. The van der Waals surface area contributed by atoms with E-state index >= 15 is 0 Å². The zero-order valence-electron chi connectivity index (χ0n) is 8.28. The van der Waals surface area contributed by atoms with E-state index in [-0.39, 0.29) is 18.2 Å². The van der Waals surface area contributed by atoms with Crippen LogP contribution in [0.15, 0.2) is 18.2 Å². The number of nitriles is 1. The molecule has 0 saturated carbocycles. The fourth-order valence-electron chi connectivity index (χ4n) is 1.34. The number of rotatable bonds is 4. The molecule has 0 heterocycles. The van der Waals surface area contributed by atoms with Crippen molar-refractivity contribution in [1.29, 1.82) is 5.26 Å². The third kappa shape index (κ3) is 3.01. The molecule has 80 valence electrons. The van der Waals surface area contributed by atoms with Crippen molar-refractivity contribution in [3.8, 4) is 6.07 Å². The van der Waals surface area contributed by atoms with E-state index in [0.29, 0.717) is 12.8 Å². The molecule has 1 aromatic carbocycles. The van der Waals surface area contributed by atoms with E-state index in [1.54, 1.807) is 12.1 Å². The van der Waals surface area contributed by atoms with Crippen LogP contribution in [0.25, 0.3) is 0 Å². The summed E-state index contributed by atoms with van der Waals surface area (Å²) in [5, 5.41) is 17.3. The Bertz CT molecular complexity index is 373. The summed E-state index contributed by atoms with van der Waals surface area (Å²) in [6, 6.07) is 5.77. The molecule has 0 aliphatic carbocycles. The Morgan fingerprint density at radius 2 is 2.27 bits per heavy atom. The lowest BCUT2D eigenvalue weighted by Crippen LogP contribution is -2.11. The van der Waals surface area contributed by atoms with Crippen molar-refractivity contribution in [3.05, 3.63) is 35.1 Å². The molecule has 0 amide bonds. The number of aliphatic hydroxyl groups excluding tert-OH is 1. The second-order valence-electron chi connectivity index (χ2n) is 3.32. The number of benzene rings is 1. The lowest BCUT2D eigenvalue weighted by atomic mass is 10.0. The highest BCUT2D eigenvalue weighted by atomic mass is 19.1. The van der Waals surface area contributed by atoms with Crippen LogP contribution in [0, 0.1) is 17.1 Å². The molecule has 1 rings (SSSR count). The standard InChI is InChI=1S/C11H13FN2O/c12-10-4-3-8(6-9(10)7-13)11(14)2-1-5-15/h3-4,6,11,15H,1-2,5,14H2/t11-/m0/s1. The van der Waals surface area contributed by atoms with Gasteiger partial charge in [-0.3, -0.25) is 0 Å². The van der Waals surface area contributed by atoms with Crippen LogP contribution < -0.4 is 5.73 Å². The molecule has 0 saturated heterocycles. The average Bonchev–Trinajstić information content (AvgIpc) is 2.26. The fourth-order valence-corrected chi connectivity index (χ4v) is 1.34. The maximum Gasteiger partial charge on any atom is 0.140 e. The summed E-state index contributed by atoms with van der Waals surface area (Å²) < 4.78 is 13.0. The molecule has 3 nitrogen and oxygen atoms in total. The molecule has 15 heavy (non-hydrogen) atoms. The van der Waals surface area contributed by atoms with Crippen LogP contribution in [0.4, 0.5) is 4.39 Å². The molecule has 1 aromatic rings. The normalized spacial score (nSPS) is 12.1. The van der Waals surface area contributed by atoms with E-state index in [2.05, 4.69) is 0 Å². The molecule has 0 spiro atoms. The van der Waals surface area contributed by atoms with Gasteiger partial charge < -0.3 is 10.8 Å². The van der Waals surface area contributed by atoms with Crippen molar-refractivity contribution in [1.82, 2.24) is 0 Å². The van der Waals surface area contributed by atoms with E-state index in [1.807, 2.05) is 0 Å². The highest BCUT2D eigenvalue weighted by Crippen LogP contribution is 2.18. The van der Waals surface area contributed by atoms with Crippen LogP contribution >= 0.6 is 0 Å². The molecule has 0 radical (unpaired) electrons. The lowest BCUT2D eigenvalue weighted by Gasteiger charge is -2.11. The third-order valence-electron chi connectivity index (χ3n) is 2.21. The van der Waals surface area contributed by atoms with Gasteiger partial charge in [0.25, 0.3) is 0 Å². The fraction of sp³-hybridized carbons (Fsp3) is 0.364. The summed E-state index contributed by atoms with van der Waals surface area (Å²) >= 11 is 0. The summed E-state index contributed by atoms with van der Waals surface area (Å²) in [6.07, 6.45) is 1.22. The van der Waals surface area contributed by atoms with Crippen molar-refractivity contribution in [3.63, 3.8) is 0 Å². The predicted octanol–water partition coefficient (Wildman–Crippen LogP) is 1.47. The molecule has 0 unspecified atom stereocenters. The molecule has 3 N–H and O–H groups in total. The van der Waals surface area contributed by atoms with E-state index < -0.39 is 5.82 Å². The van der Waals surface area contributed by atoms with Crippen LogP contribution in [-0.2, 0) is 0 Å². The number of hydrogen-bond donors (Lipinski definition) is 2. The first kappa shape index (κ1) is 11.6. The molecule has 1 atom stereocenters. The van der Waals surface area contributed by atoms with Gasteiger partial charge in [-0.2, -0.15) is 5.26 Å². The molecular weight excluding hydrogens is 195 g/mol. The van der Waals surface area contributed by atoms with Crippen molar-refractivity contribution >= 4 is 0 Å². The van der Waals surface area contributed by atoms with Gasteiger partial charge in [-0.05, 0) is 30.5 Å². The Balaban J connectivity index is 2.82. The van der Waals surface area contributed by atoms with Crippen molar-refractivity contribution in [2.24, 2.45) is 5.73 Å². The Morgan fingerprint density at radius 1 is 1.53 bits per heavy atom. The first-order valence-electron chi connectivity index (χ1n) is 4.75. The first-order chi connectivity index (χ1) is 7.19. The van der Waals surface area contributed by atoms with Gasteiger partial charge in [0, 0.05) is 12.6 Å². The Labute approximate surface area is 87.9 Å². The number of nitrogens with two attached hydrogens (primary N) is 1. The van der Waals surface area contributed by atoms with Gasteiger partial charge in [0.05, 0.1) is 5.56 Å². The predicted molar refractivity (Wildman–Crippen MR) is 54.4 cm³/mol. The zero-order valence-corrected chi connectivity index (χ0v) is 8.28. The van der Waals surface area contributed by atoms with Gasteiger partial charge in [0.1, 0.15) is 11.9 Å². The molecule has 4 heteroatoms. The smallest absolute Gasteiger partial charge is 0.140 e. The van der Waals surface area contributed by atoms with E-state index in [1.165, 1.54) is 12.1 Å². The Kier molecular flexibility index (Phi) is 4.22. The Morgan fingerprint density at radius 3 is 2.87 bits per heavy atom. The molecule has 0 aromatic heterocycles. The van der Waals surface area contributed by atoms with E-state index in [0.717, 1.165) is 5.56 Å². The third-order valence-corrected chi connectivity index (χ3v) is 2.21. The quantitative estimate of drug-likeness (QED) is 0.787. The summed E-state index contributed by atoms with van der Waals surface area (Å²) in [7, 11) is 0. The van der Waals surface area contributed by atoms with Crippen LogP contribution in [0.5, 0.6) is 0 Å². The van der Waals surface area contributed by atoms with Gasteiger partial charge in [0.15, 0.2) is 0 Å². The number of aliphatic hydroxyl groups is 1. The zero-order chi connectivity index (χ0) is 11.3. The van der Waals surface area contributed by atoms with Gasteiger partial charge in [0.2, 0.25) is 0 Å². The first-order valence-corrected chi connectivity index (χ1v) is 4.75. The van der Waals surface area contributed by atoms with Crippen LogP contribution in [0.3, 0.4) is 0 Å². The van der Waals surface area contributed by atoms with E-state index in [4.69, 9.17) is 16.1 Å². The van der Waals surface area contributed by atoms with Crippen molar-refractivity contribution in [2.75, 3.05) is 6.61 Å². The Hall–Kier alpha value is -1.44. The van der Waals surface area contributed by atoms with Gasteiger partial charge in [-0.1, -0.05) is 6.07 Å². The largest absolute Gasteiger partial charge is 0.396 e. The van der Waals surface area contributed by atoms with Crippen LogP contribution in [0.1, 0.15) is 30.0 Å². The summed E-state index contributed by atoms with van der Waals surface area (Å²) in [4.78, 5) is 0. The average molecular weight is 208 g/mol. The molecule has 0 aliphatic rings. The van der Waals surface area contributed by atoms with Crippen LogP contribution in [0.2, 0.25) is 0 Å². The highest BCUT2D eigenvalue weighted by Gasteiger charge is 2.08. The molecule has 0 aliphatic heterocycles. The van der Waals surface area contributed by atoms with E-state index in [9.17, 15) is 4.39 Å². The SMILES string of the molecule is N#Cc1cc([C@@H](N)CCCO)ccc1F. The molecular formula is C11H13FN2O. The highest BCUT2D eigenvalue weighted by molar-refractivity contribution is 5.35. The minimum Gasteiger partial charge on any atom is -0.396 e. The molecule has 0 bridgehead atoms. The topological polar surface area (TPSA) is 70.0 Å². The lowest BCUT2D eigenvalue weighted by molar-refractivity contribution is 0.280. The number of halogens is 1.